The number of halogens is 4. The minimum absolute atomic E-state index is 0. The van der Waals surface area contributed by atoms with E-state index >= 15 is 0 Å². The molecule has 23 heavy (non-hydrogen) atoms. The number of rotatable bonds is 6. The second kappa shape index (κ2) is 10.6. The minimum atomic E-state index is -4.17. The molecule has 0 saturated heterocycles. The summed E-state index contributed by atoms with van der Waals surface area (Å²) in [6, 6.07) is 7.51. The standard InChI is InChI=1S/C15H22F3N3O.HI/c1-11(2)22-13-6-4-12(5-7-13)10-21-14(19-3)20-9-8-15(16,17)18;/h4-7,11H,8-10H2,1-3H3,(H2,19,20,21);1H. The third-order valence-corrected chi connectivity index (χ3v) is 2.68. The molecule has 2 N–H and O–H groups in total. The highest BCUT2D eigenvalue weighted by Crippen LogP contribution is 2.18. The van der Waals surface area contributed by atoms with Crippen LogP contribution in [0.3, 0.4) is 0 Å². The Bertz CT molecular complexity index is 476. The molecular weight excluding hydrogens is 422 g/mol. The Morgan fingerprint density at radius 3 is 2.26 bits per heavy atom. The lowest BCUT2D eigenvalue weighted by molar-refractivity contribution is -0.132. The van der Waals surface area contributed by atoms with E-state index < -0.39 is 12.6 Å². The largest absolute Gasteiger partial charge is 0.491 e. The molecule has 4 nitrogen and oxygen atoms in total. The quantitative estimate of drug-likeness (QED) is 0.399. The van der Waals surface area contributed by atoms with Gasteiger partial charge in [-0.25, -0.2) is 0 Å². The average molecular weight is 445 g/mol. The maximum Gasteiger partial charge on any atom is 0.390 e. The molecule has 0 unspecified atom stereocenters. The molecule has 132 valence electrons. The lowest BCUT2D eigenvalue weighted by atomic mass is 10.2. The zero-order chi connectivity index (χ0) is 16.6. The van der Waals surface area contributed by atoms with E-state index in [0.29, 0.717) is 12.5 Å². The highest BCUT2D eigenvalue weighted by Gasteiger charge is 2.26. The van der Waals surface area contributed by atoms with Crippen LogP contribution in [-0.2, 0) is 6.54 Å². The van der Waals surface area contributed by atoms with E-state index in [9.17, 15) is 13.2 Å². The van der Waals surface area contributed by atoms with Crippen LogP contribution in [0, 0.1) is 0 Å². The maximum absolute atomic E-state index is 12.1. The predicted molar refractivity (Wildman–Crippen MR) is 96.5 cm³/mol. The highest BCUT2D eigenvalue weighted by molar-refractivity contribution is 14.0. The van der Waals surface area contributed by atoms with Gasteiger partial charge in [-0.1, -0.05) is 12.1 Å². The van der Waals surface area contributed by atoms with Crippen LogP contribution in [0.15, 0.2) is 29.3 Å². The fourth-order valence-corrected chi connectivity index (χ4v) is 1.69. The van der Waals surface area contributed by atoms with E-state index in [-0.39, 0.29) is 36.6 Å². The van der Waals surface area contributed by atoms with Crippen LogP contribution in [0.2, 0.25) is 0 Å². The van der Waals surface area contributed by atoms with Gasteiger partial charge in [-0.05, 0) is 31.5 Å². The first-order valence-corrected chi connectivity index (χ1v) is 7.07. The third-order valence-electron chi connectivity index (χ3n) is 2.68. The summed E-state index contributed by atoms with van der Waals surface area (Å²) in [5.74, 6) is 1.12. The minimum Gasteiger partial charge on any atom is -0.491 e. The molecule has 0 bridgehead atoms. The smallest absolute Gasteiger partial charge is 0.390 e. The molecule has 0 aliphatic heterocycles. The van der Waals surface area contributed by atoms with Crippen LogP contribution >= 0.6 is 24.0 Å². The molecule has 0 heterocycles. The summed E-state index contributed by atoms with van der Waals surface area (Å²) in [5, 5.41) is 5.59. The van der Waals surface area contributed by atoms with Gasteiger partial charge in [0, 0.05) is 20.1 Å². The van der Waals surface area contributed by atoms with Crippen LogP contribution in [0.25, 0.3) is 0 Å². The van der Waals surface area contributed by atoms with Crippen molar-refractivity contribution >= 4 is 29.9 Å². The Hall–Kier alpha value is -1.19. The van der Waals surface area contributed by atoms with Gasteiger partial charge in [0.15, 0.2) is 5.96 Å². The van der Waals surface area contributed by atoms with Crippen LogP contribution in [0.1, 0.15) is 25.8 Å². The monoisotopic (exact) mass is 445 g/mol. The van der Waals surface area contributed by atoms with E-state index in [4.69, 9.17) is 4.74 Å². The maximum atomic E-state index is 12.1. The lowest BCUT2D eigenvalue weighted by Crippen LogP contribution is -2.38. The number of benzene rings is 1. The van der Waals surface area contributed by atoms with Gasteiger partial charge in [0.2, 0.25) is 0 Å². The van der Waals surface area contributed by atoms with Crippen molar-refractivity contribution in [3.63, 3.8) is 0 Å². The Morgan fingerprint density at radius 1 is 1.17 bits per heavy atom. The van der Waals surface area contributed by atoms with Crippen molar-refractivity contribution in [1.82, 2.24) is 10.6 Å². The number of guanidine groups is 1. The number of aliphatic imine (C=N–C) groups is 1. The molecule has 1 aromatic rings. The van der Waals surface area contributed by atoms with E-state index in [0.717, 1.165) is 11.3 Å². The van der Waals surface area contributed by atoms with Gasteiger partial charge in [0.05, 0.1) is 12.5 Å². The molecule has 0 radical (unpaired) electrons. The topological polar surface area (TPSA) is 45.7 Å². The number of hydrogen-bond acceptors (Lipinski definition) is 2. The summed E-state index contributed by atoms with van der Waals surface area (Å²) in [6.07, 6.45) is -4.95. The van der Waals surface area contributed by atoms with Crippen LogP contribution in [0.4, 0.5) is 13.2 Å². The first-order chi connectivity index (χ1) is 10.3. The van der Waals surface area contributed by atoms with Crippen molar-refractivity contribution in [2.75, 3.05) is 13.6 Å². The SMILES string of the molecule is CN=C(NCCC(F)(F)F)NCc1ccc(OC(C)C)cc1.I. The van der Waals surface area contributed by atoms with E-state index in [1.165, 1.54) is 7.05 Å². The number of ether oxygens (including phenoxy) is 1. The van der Waals surface area contributed by atoms with Gasteiger partial charge in [-0.3, -0.25) is 4.99 Å². The zero-order valence-electron chi connectivity index (χ0n) is 13.4. The van der Waals surface area contributed by atoms with Crippen LogP contribution in [-0.4, -0.2) is 31.8 Å². The number of alkyl halides is 3. The second-order valence-corrected chi connectivity index (χ2v) is 5.03. The summed E-state index contributed by atoms with van der Waals surface area (Å²) in [5.41, 5.74) is 0.981. The van der Waals surface area contributed by atoms with Gasteiger partial charge < -0.3 is 15.4 Å². The first kappa shape index (κ1) is 21.8. The summed E-state index contributed by atoms with van der Waals surface area (Å²) >= 11 is 0. The molecule has 0 aliphatic carbocycles. The summed E-state index contributed by atoms with van der Waals surface area (Å²) in [4.78, 5) is 3.88. The van der Waals surface area contributed by atoms with Crippen molar-refractivity contribution in [2.24, 2.45) is 4.99 Å². The Labute approximate surface area is 151 Å². The summed E-state index contributed by atoms with van der Waals surface area (Å²) in [6.45, 7) is 4.16. The summed E-state index contributed by atoms with van der Waals surface area (Å²) < 4.78 is 41.8. The second-order valence-electron chi connectivity index (χ2n) is 5.03. The van der Waals surface area contributed by atoms with Crippen molar-refractivity contribution in [1.29, 1.82) is 0 Å². The molecule has 0 aliphatic rings. The number of hydrogen-bond donors (Lipinski definition) is 2. The van der Waals surface area contributed by atoms with Crippen molar-refractivity contribution in [2.45, 2.75) is 39.1 Å². The van der Waals surface area contributed by atoms with Crippen LogP contribution in [0.5, 0.6) is 5.75 Å². The molecule has 0 saturated carbocycles. The van der Waals surface area contributed by atoms with Crippen molar-refractivity contribution in [3.8, 4) is 5.75 Å². The first-order valence-electron chi connectivity index (χ1n) is 7.07. The van der Waals surface area contributed by atoms with Gasteiger partial charge >= 0.3 is 6.18 Å². The van der Waals surface area contributed by atoms with Gasteiger partial charge in [-0.2, -0.15) is 13.2 Å². The molecule has 1 rings (SSSR count). The number of nitrogens with one attached hydrogen (secondary N) is 2. The fourth-order valence-electron chi connectivity index (χ4n) is 1.69. The van der Waals surface area contributed by atoms with Gasteiger partial charge in [0.1, 0.15) is 5.75 Å². The van der Waals surface area contributed by atoms with Gasteiger partial charge in [-0.15, -0.1) is 24.0 Å². The molecular formula is C15H23F3IN3O. The zero-order valence-corrected chi connectivity index (χ0v) is 15.7. The van der Waals surface area contributed by atoms with E-state index in [2.05, 4.69) is 15.6 Å². The number of nitrogens with zero attached hydrogens (tertiary/aromatic N) is 1. The molecule has 0 amide bonds. The Kier molecular flexibility index (Phi) is 10.0. The van der Waals surface area contributed by atoms with Gasteiger partial charge in [0.25, 0.3) is 0 Å². The normalized spacial score (nSPS) is 11.9. The molecule has 0 atom stereocenters. The van der Waals surface area contributed by atoms with Crippen LogP contribution < -0.4 is 15.4 Å². The molecule has 0 spiro atoms. The lowest BCUT2D eigenvalue weighted by Gasteiger charge is -2.13. The summed E-state index contributed by atoms with van der Waals surface area (Å²) in [7, 11) is 1.52. The third kappa shape index (κ3) is 10.2. The molecule has 0 aromatic heterocycles. The highest BCUT2D eigenvalue weighted by atomic mass is 127. The molecule has 1 aromatic carbocycles. The van der Waals surface area contributed by atoms with E-state index in [1.54, 1.807) is 0 Å². The van der Waals surface area contributed by atoms with Crippen molar-refractivity contribution < 1.29 is 17.9 Å². The Balaban J connectivity index is 0.00000484. The van der Waals surface area contributed by atoms with Crippen molar-refractivity contribution in [3.05, 3.63) is 29.8 Å². The molecule has 0 fully saturated rings. The Morgan fingerprint density at radius 2 is 1.78 bits per heavy atom. The molecule has 8 heteroatoms. The fraction of sp³-hybridized carbons (Fsp3) is 0.533. The average Bonchev–Trinajstić information content (AvgIpc) is 2.42. The predicted octanol–water partition coefficient (Wildman–Crippen LogP) is 3.71. The van der Waals surface area contributed by atoms with E-state index in [1.807, 2.05) is 38.1 Å².